The van der Waals surface area contributed by atoms with E-state index in [1.165, 1.54) is 43.2 Å². The number of ketones is 1. The van der Waals surface area contributed by atoms with Crippen molar-refractivity contribution in [2.75, 3.05) is 0 Å². The van der Waals surface area contributed by atoms with E-state index in [4.69, 9.17) is 0 Å². The van der Waals surface area contributed by atoms with Gasteiger partial charge in [-0.2, -0.15) is 0 Å². The molecule has 5 rings (SSSR count). The van der Waals surface area contributed by atoms with Gasteiger partial charge in [-0.3, -0.25) is 9.69 Å². The maximum Gasteiger partial charge on any atom is 0.181 e. The molecule has 1 aliphatic carbocycles. The number of hydrogen-bond acceptors (Lipinski definition) is 2. The van der Waals surface area contributed by atoms with E-state index >= 15 is 0 Å². The number of carbonyl (C=O) groups is 1. The fourth-order valence-corrected chi connectivity index (χ4v) is 4.99. The lowest BCUT2D eigenvalue weighted by Crippen LogP contribution is -2.26. The summed E-state index contributed by atoms with van der Waals surface area (Å²) in [5.74, 6) is 0.268. The summed E-state index contributed by atoms with van der Waals surface area (Å²) in [4.78, 5) is 15.9. The topological polar surface area (TPSA) is 20.1 Å². The van der Waals surface area contributed by atoms with Gasteiger partial charge in [-0.1, -0.05) is 104 Å². The SMILES string of the molecule is O=C(c1ccc(-c2ccccc2)cc1)[C@@H]1[C@H](c2ccccc2)N1C1CCCCC1. The second kappa shape index (κ2) is 7.96. The van der Waals surface area contributed by atoms with Gasteiger partial charge in [-0.25, -0.2) is 0 Å². The molecule has 146 valence electrons. The van der Waals surface area contributed by atoms with E-state index in [0.29, 0.717) is 6.04 Å². The number of rotatable bonds is 5. The predicted octanol–water partition coefficient (Wildman–Crippen LogP) is 6.29. The van der Waals surface area contributed by atoms with E-state index in [1.54, 1.807) is 0 Å². The van der Waals surface area contributed by atoms with E-state index in [9.17, 15) is 4.79 Å². The fourth-order valence-electron chi connectivity index (χ4n) is 4.99. The van der Waals surface area contributed by atoms with Gasteiger partial charge in [0.15, 0.2) is 5.78 Å². The van der Waals surface area contributed by atoms with E-state index in [2.05, 4.69) is 59.5 Å². The van der Waals surface area contributed by atoms with Gasteiger partial charge < -0.3 is 0 Å². The molecule has 1 saturated carbocycles. The summed E-state index contributed by atoms with van der Waals surface area (Å²) in [7, 11) is 0. The number of nitrogens with zero attached hydrogens (tertiary/aromatic N) is 1. The lowest BCUT2D eigenvalue weighted by atomic mass is 9.95. The highest BCUT2D eigenvalue weighted by atomic mass is 16.1. The molecule has 0 amide bonds. The molecule has 3 aromatic carbocycles. The zero-order chi connectivity index (χ0) is 19.6. The molecular formula is C27H27NO. The number of Topliss-reactive ketones (excluding diaryl/α,β-unsaturated/α-hetero) is 1. The van der Waals surface area contributed by atoms with Gasteiger partial charge in [0.05, 0.1) is 12.1 Å². The lowest BCUT2D eigenvalue weighted by molar-refractivity contribution is 0.0963. The lowest BCUT2D eigenvalue weighted by Gasteiger charge is -2.24. The van der Waals surface area contributed by atoms with Crippen LogP contribution in [0.2, 0.25) is 0 Å². The van der Waals surface area contributed by atoms with Crippen molar-refractivity contribution in [1.82, 2.24) is 4.90 Å². The van der Waals surface area contributed by atoms with Crippen molar-refractivity contribution >= 4 is 5.78 Å². The van der Waals surface area contributed by atoms with E-state index in [0.717, 1.165) is 11.1 Å². The summed E-state index contributed by atoms with van der Waals surface area (Å²) in [5.41, 5.74) is 4.44. The smallest absolute Gasteiger partial charge is 0.181 e. The van der Waals surface area contributed by atoms with Crippen molar-refractivity contribution < 1.29 is 4.79 Å². The van der Waals surface area contributed by atoms with Crippen molar-refractivity contribution in [2.45, 2.75) is 50.2 Å². The third kappa shape index (κ3) is 3.65. The van der Waals surface area contributed by atoms with Gasteiger partial charge in [-0.05, 0) is 29.5 Å². The molecule has 0 bridgehead atoms. The molecule has 1 heterocycles. The fraction of sp³-hybridized carbons (Fsp3) is 0.296. The van der Waals surface area contributed by atoms with Crippen LogP contribution < -0.4 is 0 Å². The molecule has 3 atom stereocenters. The maximum absolute atomic E-state index is 13.4. The first-order valence-corrected chi connectivity index (χ1v) is 10.8. The van der Waals surface area contributed by atoms with Crippen molar-refractivity contribution in [1.29, 1.82) is 0 Å². The van der Waals surface area contributed by atoms with Gasteiger partial charge in [0.1, 0.15) is 0 Å². The number of carbonyl (C=O) groups excluding carboxylic acids is 1. The van der Waals surface area contributed by atoms with Crippen molar-refractivity contribution in [2.24, 2.45) is 0 Å². The molecule has 0 aromatic heterocycles. The zero-order valence-electron chi connectivity index (χ0n) is 16.7. The molecule has 2 fully saturated rings. The highest BCUT2D eigenvalue weighted by molar-refractivity contribution is 6.03. The van der Waals surface area contributed by atoms with Crippen LogP contribution in [0.3, 0.4) is 0 Å². The van der Waals surface area contributed by atoms with Crippen LogP contribution >= 0.6 is 0 Å². The van der Waals surface area contributed by atoms with E-state index in [1.807, 2.05) is 30.3 Å². The van der Waals surface area contributed by atoms with Gasteiger partial charge in [0, 0.05) is 11.6 Å². The quantitative estimate of drug-likeness (QED) is 0.382. The van der Waals surface area contributed by atoms with Crippen LogP contribution in [-0.4, -0.2) is 22.8 Å². The second-order valence-corrected chi connectivity index (χ2v) is 8.35. The van der Waals surface area contributed by atoms with Crippen LogP contribution in [0.15, 0.2) is 84.9 Å². The Morgan fingerprint density at radius 2 is 1.28 bits per heavy atom. The van der Waals surface area contributed by atoms with Crippen LogP contribution in [-0.2, 0) is 0 Å². The molecule has 0 radical (unpaired) electrons. The third-order valence-electron chi connectivity index (χ3n) is 6.53. The van der Waals surface area contributed by atoms with Crippen LogP contribution in [0.1, 0.15) is 54.1 Å². The minimum atomic E-state index is -0.0110. The summed E-state index contributed by atoms with van der Waals surface area (Å²) in [6, 6.07) is 29.8. The molecule has 2 heteroatoms. The van der Waals surface area contributed by atoms with E-state index < -0.39 is 0 Å². The Hall–Kier alpha value is -2.71. The summed E-state index contributed by atoms with van der Waals surface area (Å²) >= 11 is 0. The summed E-state index contributed by atoms with van der Waals surface area (Å²) < 4.78 is 0. The predicted molar refractivity (Wildman–Crippen MR) is 118 cm³/mol. The van der Waals surface area contributed by atoms with Crippen molar-refractivity contribution in [3.63, 3.8) is 0 Å². The average Bonchev–Trinajstić information content (AvgIpc) is 3.56. The largest absolute Gasteiger partial charge is 0.292 e. The van der Waals surface area contributed by atoms with Crippen LogP contribution in [0.5, 0.6) is 0 Å². The Balaban J connectivity index is 1.39. The maximum atomic E-state index is 13.4. The Labute approximate surface area is 173 Å². The summed E-state index contributed by atoms with van der Waals surface area (Å²) in [6.07, 6.45) is 6.35. The van der Waals surface area contributed by atoms with Crippen LogP contribution in [0.4, 0.5) is 0 Å². The first kappa shape index (κ1) is 18.3. The molecule has 3 aromatic rings. The number of benzene rings is 3. The van der Waals surface area contributed by atoms with Crippen molar-refractivity contribution in [3.05, 3.63) is 96.1 Å². The van der Waals surface area contributed by atoms with Crippen LogP contribution in [0.25, 0.3) is 11.1 Å². The van der Waals surface area contributed by atoms with E-state index in [-0.39, 0.29) is 17.9 Å². The molecule has 0 spiro atoms. The minimum Gasteiger partial charge on any atom is -0.292 e. The normalized spacial score (nSPS) is 24.2. The second-order valence-electron chi connectivity index (χ2n) is 8.35. The molecule has 1 saturated heterocycles. The molecule has 0 N–H and O–H groups in total. The summed E-state index contributed by atoms with van der Waals surface area (Å²) in [5, 5.41) is 0. The summed E-state index contributed by atoms with van der Waals surface area (Å²) in [6.45, 7) is 0. The molecule has 29 heavy (non-hydrogen) atoms. The standard InChI is InChI=1S/C27H27NO/c29-27(23-18-16-21(17-19-23)20-10-4-1-5-11-20)26-25(22-12-6-2-7-13-22)28(26)24-14-8-3-9-15-24/h1-2,4-7,10-13,16-19,24-26H,3,8-9,14-15H2/t25-,26-,28?/m0/s1. The first-order chi connectivity index (χ1) is 14.3. The Morgan fingerprint density at radius 1 is 0.690 bits per heavy atom. The van der Waals surface area contributed by atoms with Gasteiger partial charge >= 0.3 is 0 Å². The Kier molecular flexibility index (Phi) is 5.03. The molecular weight excluding hydrogens is 354 g/mol. The van der Waals surface area contributed by atoms with Gasteiger partial charge in [-0.15, -0.1) is 0 Å². The molecule has 2 nitrogen and oxygen atoms in total. The van der Waals surface area contributed by atoms with Gasteiger partial charge in [0.25, 0.3) is 0 Å². The molecule has 1 aliphatic heterocycles. The molecule has 1 unspecified atom stereocenters. The first-order valence-electron chi connectivity index (χ1n) is 10.8. The Morgan fingerprint density at radius 3 is 1.93 bits per heavy atom. The third-order valence-corrected chi connectivity index (χ3v) is 6.53. The Bertz CT molecular complexity index is 958. The highest BCUT2D eigenvalue weighted by Crippen LogP contribution is 2.49. The van der Waals surface area contributed by atoms with Gasteiger partial charge in [0.2, 0.25) is 0 Å². The minimum absolute atomic E-state index is 0.0110. The monoisotopic (exact) mass is 381 g/mol. The van der Waals surface area contributed by atoms with Crippen molar-refractivity contribution in [3.8, 4) is 11.1 Å². The van der Waals surface area contributed by atoms with Crippen LogP contribution in [0, 0.1) is 0 Å². The highest BCUT2D eigenvalue weighted by Gasteiger charge is 2.55. The average molecular weight is 382 g/mol. The number of hydrogen-bond donors (Lipinski definition) is 0. The molecule has 2 aliphatic rings. The zero-order valence-corrected chi connectivity index (χ0v) is 16.7.